The highest BCUT2D eigenvalue weighted by molar-refractivity contribution is 5.70. The maximum atomic E-state index is 14.4. The van der Waals surface area contributed by atoms with E-state index in [1.54, 1.807) is 12.3 Å². The molecule has 2 heterocycles. The molecule has 24 heavy (non-hydrogen) atoms. The van der Waals surface area contributed by atoms with Crippen LogP contribution in [0.3, 0.4) is 0 Å². The molecule has 0 spiro atoms. The predicted molar refractivity (Wildman–Crippen MR) is 89.0 cm³/mol. The average molecular weight is 328 g/mol. The van der Waals surface area contributed by atoms with E-state index < -0.39 is 5.97 Å². The molecule has 126 valence electrons. The van der Waals surface area contributed by atoms with Gasteiger partial charge in [-0.1, -0.05) is 24.3 Å². The fraction of sp³-hybridized carbons (Fsp3) is 0.368. The number of rotatable bonds is 5. The fourth-order valence-corrected chi connectivity index (χ4v) is 3.36. The SMILES string of the molecule is O=C(O)C1CCN(C(Cc2ccccn2)c2ccccc2F)CC1. The Morgan fingerprint density at radius 3 is 2.54 bits per heavy atom. The van der Waals surface area contributed by atoms with Gasteiger partial charge in [0.25, 0.3) is 0 Å². The number of likely N-dealkylation sites (tertiary alicyclic amines) is 1. The molecule has 0 saturated carbocycles. The van der Waals surface area contributed by atoms with Gasteiger partial charge in [0.05, 0.1) is 5.92 Å². The normalized spacial score (nSPS) is 17.5. The second kappa shape index (κ2) is 7.53. The van der Waals surface area contributed by atoms with Crippen molar-refractivity contribution in [2.75, 3.05) is 13.1 Å². The topological polar surface area (TPSA) is 53.4 Å². The zero-order valence-electron chi connectivity index (χ0n) is 13.4. The summed E-state index contributed by atoms with van der Waals surface area (Å²) >= 11 is 0. The molecule has 0 radical (unpaired) electrons. The number of piperidine rings is 1. The van der Waals surface area contributed by atoms with Crippen molar-refractivity contribution < 1.29 is 14.3 Å². The number of aliphatic carboxylic acids is 1. The van der Waals surface area contributed by atoms with Crippen LogP contribution in [0, 0.1) is 11.7 Å². The quantitative estimate of drug-likeness (QED) is 0.915. The van der Waals surface area contributed by atoms with E-state index >= 15 is 0 Å². The number of hydrogen-bond acceptors (Lipinski definition) is 3. The summed E-state index contributed by atoms with van der Waals surface area (Å²) in [4.78, 5) is 17.7. The van der Waals surface area contributed by atoms with Crippen molar-refractivity contribution in [1.82, 2.24) is 9.88 Å². The highest BCUT2D eigenvalue weighted by Gasteiger charge is 2.30. The molecule has 1 fully saturated rings. The average Bonchev–Trinajstić information content (AvgIpc) is 2.61. The maximum Gasteiger partial charge on any atom is 0.306 e. The van der Waals surface area contributed by atoms with E-state index in [2.05, 4.69) is 9.88 Å². The van der Waals surface area contributed by atoms with Crippen molar-refractivity contribution in [2.24, 2.45) is 5.92 Å². The molecule has 1 N–H and O–H groups in total. The summed E-state index contributed by atoms with van der Waals surface area (Å²) in [5.41, 5.74) is 1.56. The molecule has 3 rings (SSSR count). The van der Waals surface area contributed by atoms with Crippen LogP contribution >= 0.6 is 0 Å². The van der Waals surface area contributed by atoms with Crippen molar-refractivity contribution in [3.05, 3.63) is 65.7 Å². The van der Waals surface area contributed by atoms with Gasteiger partial charge in [0.2, 0.25) is 0 Å². The number of carboxylic acid groups (broad SMARTS) is 1. The van der Waals surface area contributed by atoms with Crippen molar-refractivity contribution in [3.63, 3.8) is 0 Å². The highest BCUT2D eigenvalue weighted by atomic mass is 19.1. The first-order valence-electron chi connectivity index (χ1n) is 8.26. The summed E-state index contributed by atoms with van der Waals surface area (Å²) in [6.07, 6.45) is 3.55. The number of benzene rings is 1. The number of pyridine rings is 1. The van der Waals surface area contributed by atoms with Gasteiger partial charge in [-0.3, -0.25) is 14.7 Å². The third-order valence-electron chi connectivity index (χ3n) is 4.71. The van der Waals surface area contributed by atoms with Crippen LogP contribution in [0.25, 0.3) is 0 Å². The number of nitrogens with zero attached hydrogens (tertiary/aromatic N) is 2. The Morgan fingerprint density at radius 1 is 1.21 bits per heavy atom. The second-order valence-electron chi connectivity index (χ2n) is 6.21. The van der Waals surface area contributed by atoms with Gasteiger partial charge in [0.15, 0.2) is 0 Å². The van der Waals surface area contributed by atoms with E-state index in [9.17, 15) is 14.3 Å². The van der Waals surface area contributed by atoms with Crippen molar-refractivity contribution >= 4 is 5.97 Å². The summed E-state index contributed by atoms with van der Waals surface area (Å²) in [5, 5.41) is 9.17. The molecule has 1 atom stereocenters. The number of hydrogen-bond donors (Lipinski definition) is 1. The van der Waals surface area contributed by atoms with Crippen LogP contribution in [0.15, 0.2) is 48.7 Å². The summed E-state index contributed by atoms with van der Waals surface area (Å²) in [6, 6.07) is 12.4. The Labute approximate surface area is 141 Å². The lowest BCUT2D eigenvalue weighted by atomic mass is 9.92. The minimum atomic E-state index is -0.734. The van der Waals surface area contributed by atoms with Gasteiger partial charge in [0.1, 0.15) is 5.82 Å². The summed E-state index contributed by atoms with van der Waals surface area (Å²) in [6.45, 7) is 1.31. The molecule has 0 bridgehead atoms. The van der Waals surface area contributed by atoms with Gasteiger partial charge in [-0.25, -0.2) is 4.39 Å². The van der Waals surface area contributed by atoms with Gasteiger partial charge in [-0.2, -0.15) is 0 Å². The first-order chi connectivity index (χ1) is 11.6. The van der Waals surface area contributed by atoms with E-state index in [0.717, 1.165) is 5.69 Å². The largest absolute Gasteiger partial charge is 0.481 e. The summed E-state index contributed by atoms with van der Waals surface area (Å²) in [7, 11) is 0. The van der Waals surface area contributed by atoms with Crippen LogP contribution in [0.2, 0.25) is 0 Å². The van der Waals surface area contributed by atoms with Crippen LogP contribution in [0.1, 0.15) is 30.1 Å². The van der Waals surface area contributed by atoms with Crippen LogP contribution in [0.5, 0.6) is 0 Å². The molecule has 1 aromatic carbocycles. The molecule has 1 saturated heterocycles. The molecule has 1 aromatic heterocycles. The third kappa shape index (κ3) is 3.79. The van der Waals surface area contributed by atoms with Gasteiger partial charge in [-0.15, -0.1) is 0 Å². The molecule has 1 unspecified atom stereocenters. The van der Waals surface area contributed by atoms with Gasteiger partial charge < -0.3 is 5.11 Å². The molecular weight excluding hydrogens is 307 g/mol. The Kier molecular flexibility index (Phi) is 5.20. The molecule has 5 heteroatoms. The minimum absolute atomic E-state index is 0.129. The van der Waals surface area contributed by atoms with E-state index in [-0.39, 0.29) is 17.8 Å². The Hall–Kier alpha value is -2.27. The van der Waals surface area contributed by atoms with E-state index in [4.69, 9.17) is 0 Å². The molecule has 4 nitrogen and oxygen atoms in total. The molecule has 0 aliphatic carbocycles. The third-order valence-corrected chi connectivity index (χ3v) is 4.71. The summed E-state index contributed by atoms with van der Waals surface area (Å²) in [5.74, 6) is -1.25. The zero-order valence-corrected chi connectivity index (χ0v) is 13.4. The predicted octanol–water partition coefficient (Wildman–Crippen LogP) is 3.30. The number of halogens is 1. The van der Waals surface area contributed by atoms with Crippen LogP contribution in [-0.2, 0) is 11.2 Å². The lowest BCUT2D eigenvalue weighted by Crippen LogP contribution is -2.39. The molecule has 2 aromatic rings. The van der Waals surface area contributed by atoms with Gasteiger partial charge in [-0.05, 0) is 44.1 Å². The smallest absolute Gasteiger partial charge is 0.306 e. The zero-order chi connectivity index (χ0) is 16.9. The fourth-order valence-electron chi connectivity index (χ4n) is 3.36. The Morgan fingerprint density at radius 2 is 1.92 bits per heavy atom. The maximum absolute atomic E-state index is 14.4. The van der Waals surface area contributed by atoms with Gasteiger partial charge in [0, 0.05) is 29.9 Å². The number of carboxylic acids is 1. The monoisotopic (exact) mass is 328 g/mol. The minimum Gasteiger partial charge on any atom is -0.481 e. The van der Waals surface area contributed by atoms with Crippen LogP contribution in [-0.4, -0.2) is 34.0 Å². The molecule has 1 aliphatic heterocycles. The van der Waals surface area contributed by atoms with E-state index in [1.165, 1.54) is 6.07 Å². The van der Waals surface area contributed by atoms with Crippen LogP contribution < -0.4 is 0 Å². The van der Waals surface area contributed by atoms with Gasteiger partial charge >= 0.3 is 5.97 Å². The van der Waals surface area contributed by atoms with Crippen molar-refractivity contribution in [1.29, 1.82) is 0 Å². The molecule has 1 aliphatic rings. The van der Waals surface area contributed by atoms with E-state index in [1.807, 2.05) is 30.3 Å². The second-order valence-corrected chi connectivity index (χ2v) is 6.21. The summed E-state index contributed by atoms with van der Waals surface area (Å²) < 4.78 is 14.4. The molecule has 0 amide bonds. The first-order valence-corrected chi connectivity index (χ1v) is 8.26. The standard InChI is InChI=1S/C19H21FN2O2/c20-17-7-2-1-6-16(17)18(13-15-5-3-4-10-21-15)22-11-8-14(9-12-22)19(23)24/h1-7,10,14,18H,8-9,11-13H2,(H,23,24). The van der Waals surface area contributed by atoms with Crippen LogP contribution in [0.4, 0.5) is 4.39 Å². The molecular formula is C19H21FN2O2. The Balaban J connectivity index is 1.83. The van der Waals surface area contributed by atoms with Crippen molar-refractivity contribution in [3.8, 4) is 0 Å². The van der Waals surface area contributed by atoms with E-state index in [0.29, 0.717) is 37.9 Å². The number of carbonyl (C=O) groups is 1. The highest BCUT2D eigenvalue weighted by Crippen LogP contribution is 2.30. The Bertz CT molecular complexity index is 685. The number of aromatic nitrogens is 1. The lowest BCUT2D eigenvalue weighted by molar-refractivity contribution is -0.143. The first kappa shape index (κ1) is 16.6. The lowest BCUT2D eigenvalue weighted by Gasteiger charge is -2.36. The van der Waals surface area contributed by atoms with Crippen molar-refractivity contribution in [2.45, 2.75) is 25.3 Å².